The number of aliphatic carboxylic acids is 1. The molecule has 2 rings (SSSR count). The number of para-hydroxylation sites is 1. The Balaban J connectivity index is 2.34. The van der Waals surface area contributed by atoms with E-state index in [4.69, 9.17) is 9.84 Å². The Hall–Kier alpha value is -1.88. The van der Waals surface area contributed by atoms with Crippen LogP contribution in [0.3, 0.4) is 0 Å². The van der Waals surface area contributed by atoms with E-state index in [-0.39, 0.29) is 5.82 Å². The minimum atomic E-state index is -1.05. The summed E-state index contributed by atoms with van der Waals surface area (Å²) in [4.78, 5) is 12.4. The van der Waals surface area contributed by atoms with Crippen LogP contribution in [0.5, 0.6) is 0 Å². The number of nitrogens with zero attached hydrogens (tertiary/aromatic N) is 1. The average molecular weight is 251 g/mol. The quantitative estimate of drug-likeness (QED) is 0.832. The van der Waals surface area contributed by atoms with Crippen molar-refractivity contribution in [2.45, 2.75) is 0 Å². The molecule has 0 aromatic heterocycles. The molecule has 0 amide bonds. The molecule has 0 spiro atoms. The lowest BCUT2D eigenvalue weighted by Gasteiger charge is -2.30. The molecular weight excluding hydrogens is 237 g/mol. The number of hydrogen-bond acceptors (Lipinski definition) is 3. The first-order chi connectivity index (χ1) is 8.68. The van der Waals surface area contributed by atoms with Crippen molar-refractivity contribution in [2.24, 2.45) is 0 Å². The molecule has 1 heterocycles. The van der Waals surface area contributed by atoms with Gasteiger partial charge in [0.25, 0.3) is 0 Å². The molecule has 96 valence electrons. The first-order valence-corrected chi connectivity index (χ1v) is 5.70. The summed E-state index contributed by atoms with van der Waals surface area (Å²) in [6.45, 7) is 2.32. The molecule has 1 aliphatic rings. The van der Waals surface area contributed by atoms with Crippen molar-refractivity contribution in [3.63, 3.8) is 0 Å². The molecule has 1 aromatic rings. The van der Waals surface area contributed by atoms with E-state index in [1.165, 1.54) is 12.1 Å². The predicted octanol–water partition coefficient (Wildman–Crippen LogP) is 1.76. The van der Waals surface area contributed by atoms with Crippen molar-refractivity contribution >= 4 is 17.7 Å². The van der Waals surface area contributed by atoms with Crippen LogP contribution in [0, 0.1) is 5.82 Å². The topological polar surface area (TPSA) is 49.8 Å². The van der Waals surface area contributed by atoms with Crippen LogP contribution < -0.4 is 4.90 Å². The molecule has 0 aliphatic carbocycles. The molecule has 4 nitrogen and oxygen atoms in total. The molecule has 18 heavy (non-hydrogen) atoms. The number of anilines is 1. The molecule has 1 aromatic carbocycles. The van der Waals surface area contributed by atoms with Crippen molar-refractivity contribution in [3.05, 3.63) is 35.7 Å². The Morgan fingerprint density at radius 2 is 2.11 bits per heavy atom. The molecule has 0 radical (unpaired) electrons. The van der Waals surface area contributed by atoms with E-state index >= 15 is 0 Å². The van der Waals surface area contributed by atoms with Gasteiger partial charge in [-0.15, -0.1) is 0 Å². The van der Waals surface area contributed by atoms with Crippen LogP contribution in [-0.2, 0) is 9.53 Å². The SMILES string of the molecule is O=C(O)/C=C/c1cccc(F)c1N1CCOCC1. The number of halogens is 1. The molecular formula is C13H14FNO3. The Labute approximate surface area is 104 Å². The largest absolute Gasteiger partial charge is 0.478 e. The standard InChI is InChI=1S/C13H14FNO3/c14-11-3-1-2-10(4-5-12(16)17)13(11)15-6-8-18-9-7-15/h1-5H,6-9H2,(H,16,17)/b5-4+. The molecule has 0 bridgehead atoms. The summed E-state index contributed by atoms with van der Waals surface area (Å²) in [5, 5.41) is 8.63. The van der Waals surface area contributed by atoms with Crippen LogP contribution in [-0.4, -0.2) is 37.4 Å². The van der Waals surface area contributed by atoms with Crippen LogP contribution in [0.1, 0.15) is 5.56 Å². The van der Waals surface area contributed by atoms with E-state index in [0.29, 0.717) is 37.6 Å². The fourth-order valence-electron chi connectivity index (χ4n) is 1.95. The fourth-order valence-corrected chi connectivity index (χ4v) is 1.95. The molecule has 1 fully saturated rings. The van der Waals surface area contributed by atoms with E-state index < -0.39 is 5.97 Å². The van der Waals surface area contributed by atoms with Gasteiger partial charge < -0.3 is 14.7 Å². The highest BCUT2D eigenvalue weighted by molar-refractivity contribution is 5.87. The first kappa shape index (κ1) is 12.6. The zero-order valence-electron chi connectivity index (χ0n) is 9.80. The number of carboxylic acid groups (broad SMARTS) is 1. The Bertz CT molecular complexity index is 467. The van der Waals surface area contributed by atoms with Crippen LogP contribution in [0.4, 0.5) is 10.1 Å². The highest BCUT2D eigenvalue weighted by Gasteiger charge is 2.17. The van der Waals surface area contributed by atoms with Gasteiger partial charge in [0.15, 0.2) is 0 Å². The van der Waals surface area contributed by atoms with Crippen molar-refractivity contribution < 1.29 is 19.0 Å². The number of carboxylic acids is 1. The lowest BCUT2D eigenvalue weighted by molar-refractivity contribution is -0.131. The van der Waals surface area contributed by atoms with Gasteiger partial charge in [-0.2, -0.15) is 0 Å². The van der Waals surface area contributed by atoms with Crippen molar-refractivity contribution in [1.29, 1.82) is 0 Å². The number of benzene rings is 1. The van der Waals surface area contributed by atoms with Crippen LogP contribution in [0.2, 0.25) is 0 Å². The Morgan fingerprint density at radius 1 is 1.39 bits per heavy atom. The maximum atomic E-state index is 13.9. The summed E-state index contributed by atoms with van der Waals surface area (Å²) in [6, 6.07) is 4.65. The second-order valence-corrected chi connectivity index (χ2v) is 3.95. The van der Waals surface area contributed by atoms with Crippen LogP contribution >= 0.6 is 0 Å². The van der Waals surface area contributed by atoms with Crippen molar-refractivity contribution in [1.82, 2.24) is 0 Å². The normalized spacial score (nSPS) is 16.2. The van der Waals surface area contributed by atoms with E-state index in [1.807, 2.05) is 4.90 Å². The molecule has 0 saturated carbocycles. The molecule has 1 saturated heterocycles. The van der Waals surface area contributed by atoms with Crippen LogP contribution in [0.25, 0.3) is 6.08 Å². The summed E-state index contributed by atoms with van der Waals surface area (Å²) >= 11 is 0. The van der Waals surface area contributed by atoms with Gasteiger partial charge in [0, 0.05) is 24.7 Å². The highest BCUT2D eigenvalue weighted by atomic mass is 19.1. The first-order valence-electron chi connectivity index (χ1n) is 5.70. The fraction of sp³-hybridized carbons (Fsp3) is 0.308. The van der Waals surface area contributed by atoms with Crippen molar-refractivity contribution in [3.8, 4) is 0 Å². The third-order valence-corrected chi connectivity index (χ3v) is 2.75. The van der Waals surface area contributed by atoms with Gasteiger partial charge in [-0.05, 0) is 12.1 Å². The number of morpholine rings is 1. The molecule has 1 N–H and O–H groups in total. The molecule has 5 heteroatoms. The van der Waals surface area contributed by atoms with E-state index in [9.17, 15) is 9.18 Å². The Kier molecular flexibility index (Phi) is 3.94. The molecule has 0 atom stereocenters. The van der Waals surface area contributed by atoms with E-state index in [1.54, 1.807) is 12.1 Å². The smallest absolute Gasteiger partial charge is 0.328 e. The summed E-state index contributed by atoms with van der Waals surface area (Å²) in [6.07, 6.45) is 2.43. The van der Waals surface area contributed by atoms with E-state index in [2.05, 4.69) is 0 Å². The number of ether oxygens (including phenoxy) is 1. The summed E-state index contributed by atoms with van der Waals surface area (Å²) in [5.74, 6) is -1.39. The third-order valence-electron chi connectivity index (χ3n) is 2.75. The zero-order valence-corrected chi connectivity index (χ0v) is 9.80. The number of rotatable bonds is 3. The third kappa shape index (κ3) is 2.87. The lowest BCUT2D eigenvalue weighted by atomic mass is 10.1. The van der Waals surface area contributed by atoms with Crippen LogP contribution in [0.15, 0.2) is 24.3 Å². The summed E-state index contributed by atoms with van der Waals surface area (Å²) < 4.78 is 19.1. The minimum Gasteiger partial charge on any atom is -0.478 e. The summed E-state index contributed by atoms with van der Waals surface area (Å²) in [7, 11) is 0. The van der Waals surface area contributed by atoms with Gasteiger partial charge in [-0.3, -0.25) is 0 Å². The van der Waals surface area contributed by atoms with Crippen molar-refractivity contribution in [2.75, 3.05) is 31.2 Å². The maximum Gasteiger partial charge on any atom is 0.328 e. The van der Waals surface area contributed by atoms with Gasteiger partial charge >= 0.3 is 5.97 Å². The Morgan fingerprint density at radius 3 is 2.78 bits per heavy atom. The number of hydrogen-bond donors (Lipinski definition) is 1. The molecule has 0 unspecified atom stereocenters. The van der Waals surface area contributed by atoms with Gasteiger partial charge in [-0.1, -0.05) is 12.1 Å². The van der Waals surface area contributed by atoms with E-state index in [0.717, 1.165) is 6.08 Å². The van der Waals surface area contributed by atoms with Gasteiger partial charge in [0.1, 0.15) is 5.82 Å². The van der Waals surface area contributed by atoms with Gasteiger partial charge in [-0.25, -0.2) is 9.18 Å². The monoisotopic (exact) mass is 251 g/mol. The highest BCUT2D eigenvalue weighted by Crippen LogP contribution is 2.26. The predicted molar refractivity (Wildman–Crippen MR) is 66.1 cm³/mol. The minimum absolute atomic E-state index is 0.343. The van der Waals surface area contributed by atoms with Gasteiger partial charge in [0.2, 0.25) is 0 Å². The van der Waals surface area contributed by atoms with Gasteiger partial charge in [0.05, 0.1) is 18.9 Å². The second-order valence-electron chi connectivity index (χ2n) is 3.95. The molecule has 1 aliphatic heterocycles. The summed E-state index contributed by atoms with van der Waals surface area (Å²) in [5.41, 5.74) is 1.01. The lowest BCUT2D eigenvalue weighted by Crippen LogP contribution is -2.37. The second kappa shape index (κ2) is 5.64. The average Bonchev–Trinajstić information content (AvgIpc) is 2.37. The zero-order chi connectivity index (χ0) is 13.0. The maximum absolute atomic E-state index is 13.9. The number of carbonyl (C=O) groups is 1.